The Hall–Kier alpha value is -3.98. The van der Waals surface area contributed by atoms with Crippen molar-refractivity contribution in [3.63, 3.8) is 0 Å². The lowest BCUT2D eigenvalue weighted by atomic mass is 10.1. The van der Waals surface area contributed by atoms with E-state index in [1.165, 1.54) is 10.7 Å². The van der Waals surface area contributed by atoms with Gasteiger partial charge in [-0.05, 0) is 62.6 Å². The molecule has 0 radical (unpaired) electrons. The van der Waals surface area contributed by atoms with E-state index in [0.29, 0.717) is 34.3 Å². The Labute approximate surface area is 216 Å². The highest BCUT2D eigenvalue weighted by atomic mass is 32.2. The Balaban J connectivity index is 1.68. The van der Waals surface area contributed by atoms with Crippen LogP contribution in [0.25, 0.3) is 10.8 Å². The SMILES string of the molecule is CCCCn1nc(C(=O)Nc2ccc(C)c(S(=O)(=O)Nc3ccc(C)cc3C)c2)c2ccccc2c1=O. The average molecular weight is 519 g/mol. The van der Waals surface area contributed by atoms with Crippen molar-refractivity contribution in [3.05, 3.63) is 93.4 Å². The van der Waals surface area contributed by atoms with Crippen LogP contribution in [0.5, 0.6) is 0 Å². The molecular formula is C28H30N4O4S. The molecule has 0 fully saturated rings. The van der Waals surface area contributed by atoms with Crippen LogP contribution in [0.15, 0.2) is 70.4 Å². The predicted molar refractivity (Wildman–Crippen MR) is 147 cm³/mol. The highest BCUT2D eigenvalue weighted by Crippen LogP contribution is 2.25. The van der Waals surface area contributed by atoms with Gasteiger partial charge in [0.05, 0.1) is 16.0 Å². The standard InChI is InChI=1S/C28H30N4O4S/c1-5-6-15-32-28(34)23-10-8-7-9-22(23)26(30-32)27(33)29-21-13-12-19(3)25(17-21)37(35,36)31-24-14-11-18(2)16-20(24)4/h7-14,16-17,31H,5-6,15H2,1-4H3,(H,29,33). The minimum absolute atomic E-state index is 0.0519. The van der Waals surface area contributed by atoms with Crippen LogP contribution in [0.1, 0.15) is 46.9 Å². The highest BCUT2D eigenvalue weighted by molar-refractivity contribution is 7.92. The number of carbonyl (C=O) groups is 1. The first-order valence-corrected chi connectivity index (χ1v) is 13.6. The Morgan fingerprint density at radius 2 is 1.68 bits per heavy atom. The van der Waals surface area contributed by atoms with Gasteiger partial charge in [-0.15, -0.1) is 0 Å². The Morgan fingerprint density at radius 3 is 2.38 bits per heavy atom. The summed E-state index contributed by atoms with van der Waals surface area (Å²) in [5, 5.41) is 7.97. The second-order valence-electron chi connectivity index (χ2n) is 9.13. The van der Waals surface area contributed by atoms with Gasteiger partial charge in [0.25, 0.3) is 21.5 Å². The number of aryl methyl sites for hydroxylation is 4. The van der Waals surface area contributed by atoms with Gasteiger partial charge in [-0.3, -0.25) is 14.3 Å². The van der Waals surface area contributed by atoms with E-state index >= 15 is 0 Å². The summed E-state index contributed by atoms with van der Waals surface area (Å²) in [7, 11) is -3.92. The smallest absolute Gasteiger partial charge is 0.276 e. The van der Waals surface area contributed by atoms with Crippen LogP contribution < -0.4 is 15.6 Å². The number of anilines is 2. The number of nitrogens with one attached hydrogen (secondary N) is 2. The summed E-state index contributed by atoms with van der Waals surface area (Å²) in [4.78, 5) is 26.2. The molecule has 3 aromatic carbocycles. The second kappa shape index (κ2) is 10.6. The first kappa shape index (κ1) is 26.1. The molecule has 1 heterocycles. The van der Waals surface area contributed by atoms with Gasteiger partial charge in [0.1, 0.15) is 0 Å². The number of fused-ring (bicyclic) bond motifs is 1. The third kappa shape index (κ3) is 5.56. The number of sulfonamides is 1. The summed E-state index contributed by atoms with van der Waals surface area (Å²) >= 11 is 0. The number of aromatic nitrogens is 2. The molecule has 0 atom stereocenters. The van der Waals surface area contributed by atoms with Gasteiger partial charge in [0.15, 0.2) is 5.69 Å². The molecule has 1 aromatic heterocycles. The number of carbonyl (C=O) groups excluding carboxylic acids is 1. The van der Waals surface area contributed by atoms with Gasteiger partial charge in [-0.2, -0.15) is 5.10 Å². The molecule has 192 valence electrons. The van der Waals surface area contributed by atoms with E-state index in [4.69, 9.17) is 0 Å². The summed E-state index contributed by atoms with van der Waals surface area (Å²) in [5.41, 5.74) is 3.02. The first-order chi connectivity index (χ1) is 17.6. The lowest BCUT2D eigenvalue weighted by molar-refractivity contribution is 0.102. The van der Waals surface area contributed by atoms with Crippen molar-refractivity contribution in [2.45, 2.75) is 52.0 Å². The molecule has 2 N–H and O–H groups in total. The molecule has 0 saturated carbocycles. The van der Waals surface area contributed by atoms with Crippen LogP contribution in [0.3, 0.4) is 0 Å². The topological polar surface area (TPSA) is 110 Å². The van der Waals surface area contributed by atoms with Crippen molar-refractivity contribution in [2.75, 3.05) is 10.0 Å². The first-order valence-electron chi connectivity index (χ1n) is 12.1. The molecular weight excluding hydrogens is 488 g/mol. The van der Waals surface area contributed by atoms with Crippen LogP contribution in [0.2, 0.25) is 0 Å². The average Bonchev–Trinajstić information content (AvgIpc) is 2.86. The lowest BCUT2D eigenvalue weighted by Gasteiger charge is -2.15. The van der Waals surface area contributed by atoms with Crippen molar-refractivity contribution >= 4 is 38.1 Å². The Kier molecular flexibility index (Phi) is 7.45. The van der Waals surface area contributed by atoms with Gasteiger partial charge >= 0.3 is 0 Å². The van der Waals surface area contributed by atoms with Crippen molar-refractivity contribution in [3.8, 4) is 0 Å². The van der Waals surface area contributed by atoms with Crippen LogP contribution in [0, 0.1) is 20.8 Å². The zero-order valence-corrected chi connectivity index (χ0v) is 22.1. The van der Waals surface area contributed by atoms with Crippen molar-refractivity contribution in [1.82, 2.24) is 9.78 Å². The van der Waals surface area contributed by atoms with Crippen molar-refractivity contribution in [1.29, 1.82) is 0 Å². The zero-order valence-electron chi connectivity index (χ0n) is 21.3. The van der Waals surface area contributed by atoms with Crippen molar-refractivity contribution < 1.29 is 13.2 Å². The largest absolute Gasteiger partial charge is 0.321 e. The number of hydrogen-bond donors (Lipinski definition) is 2. The summed E-state index contributed by atoms with van der Waals surface area (Å²) in [5.74, 6) is -0.531. The fourth-order valence-electron chi connectivity index (χ4n) is 4.15. The van der Waals surface area contributed by atoms with Crippen molar-refractivity contribution in [2.24, 2.45) is 0 Å². The molecule has 0 aliphatic heterocycles. The molecule has 8 nitrogen and oxygen atoms in total. The third-order valence-electron chi connectivity index (χ3n) is 6.17. The molecule has 0 saturated heterocycles. The van der Waals surface area contributed by atoms with Gasteiger partial charge < -0.3 is 5.32 Å². The maximum absolute atomic E-state index is 13.3. The molecule has 37 heavy (non-hydrogen) atoms. The van der Waals surface area contributed by atoms with E-state index in [0.717, 1.165) is 24.0 Å². The zero-order chi connectivity index (χ0) is 26.7. The quantitative estimate of drug-likeness (QED) is 0.334. The fourth-order valence-corrected chi connectivity index (χ4v) is 5.55. The van der Waals surface area contributed by atoms with Crippen LogP contribution in [-0.2, 0) is 16.6 Å². The number of nitrogens with zero attached hydrogens (tertiary/aromatic N) is 2. The van der Waals surface area contributed by atoms with Gasteiger partial charge in [0.2, 0.25) is 0 Å². The number of rotatable bonds is 8. The predicted octanol–water partition coefficient (Wildman–Crippen LogP) is 5.17. The molecule has 0 bridgehead atoms. The van der Waals surface area contributed by atoms with E-state index < -0.39 is 15.9 Å². The van der Waals surface area contributed by atoms with E-state index in [-0.39, 0.29) is 16.1 Å². The van der Waals surface area contributed by atoms with E-state index in [2.05, 4.69) is 15.1 Å². The molecule has 4 rings (SSSR count). The summed E-state index contributed by atoms with van der Waals surface area (Å²) in [6.45, 7) is 7.89. The monoisotopic (exact) mass is 518 g/mol. The van der Waals surface area contributed by atoms with Crippen LogP contribution >= 0.6 is 0 Å². The van der Waals surface area contributed by atoms with Gasteiger partial charge in [-0.1, -0.05) is 55.3 Å². The van der Waals surface area contributed by atoms with E-state index in [1.807, 2.05) is 32.9 Å². The summed E-state index contributed by atoms with van der Waals surface area (Å²) in [6.07, 6.45) is 1.62. The molecule has 4 aromatic rings. The second-order valence-corrected chi connectivity index (χ2v) is 10.8. The van der Waals surface area contributed by atoms with E-state index in [9.17, 15) is 18.0 Å². The molecule has 0 aliphatic carbocycles. The van der Waals surface area contributed by atoms with Crippen LogP contribution in [-0.4, -0.2) is 24.1 Å². The normalized spacial score (nSPS) is 11.5. The van der Waals surface area contributed by atoms with Gasteiger partial charge in [0, 0.05) is 17.6 Å². The summed E-state index contributed by atoms with van der Waals surface area (Å²) in [6, 6.07) is 17.0. The maximum atomic E-state index is 13.3. The number of unbranched alkanes of at least 4 members (excludes halogenated alkanes) is 1. The minimum Gasteiger partial charge on any atom is -0.321 e. The number of hydrogen-bond acceptors (Lipinski definition) is 5. The maximum Gasteiger partial charge on any atom is 0.276 e. The Morgan fingerprint density at radius 1 is 0.946 bits per heavy atom. The molecule has 9 heteroatoms. The fraction of sp³-hybridized carbons (Fsp3) is 0.250. The van der Waals surface area contributed by atoms with E-state index in [1.54, 1.807) is 49.4 Å². The third-order valence-corrected chi connectivity index (χ3v) is 7.68. The lowest BCUT2D eigenvalue weighted by Crippen LogP contribution is -2.27. The Bertz CT molecular complexity index is 1660. The molecule has 0 spiro atoms. The van der Waals surface area contributed by atoms with Crippen LogP contribution in [0.4, 0.5) is 11.4 Å². The molecule has 1 amide bonds. The van der Waals surface area contributed by atoms with Gasteiger partial charge in [-0.25, -0.2) is 13.1 Å². The summed E-state index contributed by atoms with van der Waals surface area (Å²) < 4.78 is 30.5. The number of amides is 1. The highest BCUT2D eigenvalue weighted by Gasteiger charge is 2.21. The molecule has 0 aliphatic rings. The molecule has 0 unspecified atom stereocenters. The minimum atomic E-state index is -3.92. The number of benzene rings is 3.